The molecule has 0 aliphatic rings. The van der Waals surface area contributed by atoms with Crippen molar-refractivity contribution >= 4 is 23.8 Å². The molecule has 0 aromatic heterocycles. The van der Waals surface area contributed by atoms with Crippen molar-refractivity contribution in [2.45, 2.75) is 19.2 Å². The highest BCUT2D eigenvalue weighted by Gasteiger charge is 2.17. The number of alkyl halides is 3. The first-order valence-electron chi connectivity index (χ1n) is 3.39. The Kier molecular flexibility index (Phi) is 11.0. The van der Waals surface area contributed by atoms with E-state index in [0.717, 1.165) is 0 Å². The van der Waals surface area contributed by atoms with E-state index in [1.54, 1.807) is 13.8 Å². The summed E-state index contributed by atoms with van der Waals surface area (Å²) in [7, 11) is -3.69. The largest absolute Gasteiger partial charge is 0.472 e. The summed E-state index contributed by atoms with van der Waals surface area (Å²) in [5, 5.41) is -2.35. The van der Waals surface area contributed by atoms with E-state index in [1.165, 1.54) is 0 Å². The number of halogens is 3. The van der Waals surface area contributed by atoms with Crippen LogP contribution in [0.4, 0.5) is 8.78 Å². The molecule has 0 aliphatic heterocycles. The number of phosphoric ester groups is 1. The molecule has 0 spiro atoms. The van der Waals surface area contributed by atoms with Crippen LogP contribution in [-0.2, 0) is 13.6 Å². The van der Waals surface area contributed by atoms with Crippen LogP contribution in [0.25, 0.3) is 0 Å². The van der Waals surface area contributed by atoms with Gasteiger partial charge in [-0.25, -0.2) is 4.57 Å². The van der Waals surface area contributed by atoms with E-state index in [0.29, 0.717) is 0 Å². The molecule has 0 radical (unpaired) electrons. The molecular formula is C5H12BrF2O4P. The predicted molar refractivity (Wildman–Crippen MR) is 48.0 cm³/mol. The minimum Gasteiger partial charge on any atom is -0.302 e. The summed E-state index contributed by atoms with van der Waals surface area (Å²) in [5.74, 6) is 0. The molecule has 0 fully saturated rings. The summed E-state index contributed by atoms with van der Waals surface area (Å²) in [4.78, 5) is 8.63. The minimum absolute atomic E-state index is 0.188. The molecular weight excluding hydrogens is 273 g/mol. The van der Waals surface area contributed by atoms with E-state index in [9.17, 15) is 13.3 Å². The molecule has 0 bridgehead atoms. The Morgan fingerprint density at radius 1 is 1.38 bits per heavy atom. The fourth-order valence-electron chi connectivity index (χ4n) is 0.364. The SMILES string of the molecule is CCOP(=O)(O)OCC.FC(F)Br. The molecule has 0 aromatic carbocycles. The van der Waals surface area contributed by atoms with Crippen molar-refractivity contribution in [1.29, 1.82) is 0 Å². The first-order valence-corrected chi connectivity index (χ1v) is 5.81. The summed E-state index contributed by atoms with van der Waals surface area (Å²) in [6.45, 7) is 3.63. The third kappa shape index (κ3) is 19.0. The molecule has 0 aliphatic carbocycles. The Morgan fingerprint density at radius 2 is 1.62 bits per heavy atom. The highest BCUT2D eigenvalue weighted by atomic mass is 79.9. The standard InChI is InChI=1S/C4H11O4P.CHBrF2/c1-3-7-9(5,6)8-4-2;2-1(3)4/h3-4H2,1-2H3,(H,5,6);1H. The van der Waals surface area contributed by atoms with Crippen LogP contribution < -0.4 is 0 Å². The second-order valence-electron chi connectivity index (χ2n) is 1.55. The fraction of sp³-hybridized carbons (Fsp3) is 1.00. The zero-order valence-electron chi connectivity index (χ0n) is 7.24. The topological polar surface area (TPSA) is 55.8 Å². The lowest BCUT2D eigenvalue weighted by Gasteiger charge is -2.07. The zero-order chi connectivity index (χ0) is 10.9. The number of hydrogen-bond acceptors (Lipinski definition) is 3. The number of rotatable bonds is 4. The molecule has 4 nitrogen and oxygen atoms in total. The van der Waals surface area contributed by atoms with Gasteiger partial charge in [0, 0.05) is 0 Å². The molecule has 0 saturated carbocycles. The lowest BCUT2D eigenvalue weighted by molar-refractivity contribution is 0.161. The van der Waals surface area contributed by atoms with Crippen molar-refractivity contribution in [3.05, 3.63) is 0 Å². The normalized spacial score (nSPS) is 11.0. The van der Waals surface area contributed by atoms with Gasteiger partial charge < -0.3 is 4.89 Å². The van der Waals surface area contributed by atoms with Gasteiger partial charge in [0.25, 0.3) is 5.33 Å². The molecule has 0 heterocycles. The summed E-state index contributed by atoms with van der Waals surface area (Å²) in [5.41, 5.74) is 0. The summed E-state index contributed by atoms with van der Waals surface area (Å²) in [6, 6.07) is 0. The number of phosphoric acid groups is 1. The lowest BCUT2D eigenvalue weighted by atomic mass is 10.9. The van der Waals surface area contributed by atoms with Gasteiger partial charge in [0.15, 0.2) is 0 Å². The van der Waals surface area contributed by atoms with Crippen molar-refractivity contribution < 1.29 is 27.3 Å². The van der Waals surface area contributed by atoms with Crippen LogP contribution in [0.3, 0.4) is 0 Å². The maximum atomic E-state index is 10.5. The predicted octanol–water partition coefficient (Wildman–Crippen LogP) is 2.76. The average Bonchev–Trinajstić information content (AvgIpc) is 1.84. The van der Waals surface area contributed by atoms with E-state index in [1.807, 2.05) is 15.9 Å². The maximum Gasteiger partial charge on any atom is 0.472 e. The maximum absolute atomic E-state index is 10.5. The lowest BCUT2D eigenvalue weighted by Crippen LogP contribution is -1.93. The van der Waals surface area contributed by atoms with Crippen LogP contribution in [0.1, 0.15) is 13.8 Å². The van der Waals surface area contributed by atoms with Gasteiger partial charge in [-0.2, -0.15) is 8.78 Å². The van der Waals surface area contributed by atoms with Crippen molar-refractivity contribution in [1.82, 2.24) is 0 Å². The van der Waals surface area contributed by atoms with Crippen LogP contribution in [0.15, 0.2) is 0 Å². The van der Waals surface area contributed by atoms with Crippen molar-refractivity contribution in [3.8, 4) is 0 Å². The number of hydrogen-bond donors (Lipinski definition) is 1. The molecule has 0 atom stereocenters. The second kappa shape index (κ2) is 9.02. The van der Waals surface area contributed by atoms with E-state index in [2.05, 4.69) is 9.05 Å². The summed E-state index contributed by atoms with van der Waals surface area (Å²) < 4.78 is 39.7. The third-order valence-corrected chi connectivity index (χ3v) is 1.75. The Balaban J connectivity index is 0. The fourth-order valence-corrected chi connectivity index (χ4v) is 1.09. The zero-order valence-corrected chi connectivity index (χ0v) is 9.73. The Bertz CT molecular complexity index is 145. The Labute approximate surface area is 84.0 Å². The molecule has 0 amide bonds. The van der Waals surface area contributed by atoms with Gasteiger partial charge in [0.05, 0.1) is 13.2 Å². The van der Waals surface area contributed by atoms with Crippen LogP contribution in [-0.4, -0.2) is 23.4 Å². The highest BCUT2D eigenvalue weighted by Crippen LogP contribution is 2.42. The van der Waals surface area contributed by atoms with Crippen molar-refractivity contribution in [2.75, 3.05) is 13.2 Å². The van der Waals surface area contributed by atoms with Crippen LogP contribution in [0, 0.1) is 0 Å². The molecule has 0 unspecified atom stereocenters. The van der Waals surface area contributed by atoms with E-state index >= 15 is 0 Å². The monoisotopic (exact) mass is 284 g/mol. The quantitative estimate of drug-likeness (QED) is 0.637. The van der Waals surface area contributed by atoms with Gasteiger partial charge in [-0.3, -0.25) is 9.05 Å². The second-order valence-corrected chi connectivity index (χ2v) is 3.70. The molecule has 0 aromatic rings. The molecule has 1 N–H and O–H groups in total. The molecule has 13 heavy (non-hydrogen) atoms. The van der Waals surface area contributed by atoms with Gasteiger partial charge in [-0.05, 0) is 29.8 Å². The molecule has 82 valence electrons. The first kappa shape index (κ1) is 15.9. The molecule has 8 heteroatoms. The van der Waals surface area contributed by atoms with Crippen LogP contribution >= 0.6 is 23.8 Å². The van der Waals surface area contributed by atoms with Crippen LogP contribution in [0.2, 0.25) is 0 Å². The van der Waals surface area contributed by atoms with Crippen molar-refractivity contribution in [3.63, 3.8) is 0 Å². The molecule has 0 rings (SSSR count). The van der Waals surface area contributed by atoms with Gasteiger partial charge >= 0.3 is 7.82 Å². The highest BCUT2D eigenvalue weighted by molar-refractivity contribution is 9.09. The average molecular weight is 285 g/mol. The van der Waals surface area contributed by atoms with Gasteiger partial charge in [-0.1, -0.05) is 0 Å². The minimum atomic E-state index is -3.69. The van der Waals surface area contributed by atoms with Crippen LogP contribution in [0.5, 0.6) is 0 Å². The summed E-state index contributed by atoms with van der Waals surface area (Å²) >= 11 is 1.94. The Morgan fingerprint density at radius 3 is 1.77 bits per heavy atom. The van der Waals surface area contributed by atoms with E-state index < -0.39 is 13.2 Å². The van der Waals surface area contributed by atoms with Gasteiger partial charge in [-0.15, -0.1) is 0 Å². The van der Waals surface area contributed by atoms with Crippen molar-refractivity contribution in [2.24, 2.45) is 0 Å². The van der Waals surface area contributed by atoms with E-state index in [-0.39, 0.29) is 13.2 Å². The van der Waals surface area contributed by atoms with Gasteiger partial charge in [0.2, 0.25) is 0 Å². The first-order chi connectivity index (χ1) is 5.85. The van der Waals surface area contributed by atoms with E-state index in [4.69, 9.17) is 4.89 Å². The third-order valence-electron chi connectivity index (χ3n) is 0.584. The summed E-state index contributed by atoms with van der Waals surface area (Å²) in [6.07, 6.45) is 0. The molecule has 0 saturated heterocycles. The smallest absolute Gasteiger partial charge is 0.302 e. The van der Waals surface area contributed by atoms with Gasteiger partial charge in [0.1, 0.15) is 0 Å². The Hall–Kier alpha value is 0.450.